The summed E-state index contributed by atoms with van der Waals surface area (Å²) < 4.78 is 1.04. The number of halogens is 1. The van der Waals surface area contributed by atoms with Crippen molar-refractivity contribution in [2.45, 2.75) is 6.54 Å². The van der Waals surface area contributed by atoms with E-state index in [9.17, 15) is 4.79 Å². The standard InChI is InChI=1S/C16H17BrN2O/c1-18-15-9-5-13(6-10-15)16(20)19(2)11-12-3-7-14(17)8-4-12/h3-10,18H,11H2,1-2H3. The SMILES string of the molecule is CNc1ccc(C(=O)N(C)Cc2ccc(Br)cc2)cc1. The minimum absolute atomic E-state index is 0.0237. The number of carbonyl (C=O) groups excluding carboxylic acids is 1. The second kappa shape index (κ2) is 6.57. The van der Waals surface area contributed by atoms with Crippen molar-refractivity contribution in [3.8, 4) is 0 Å². The number of benzene rings is 2. The van der Waals surface area contributed by atoms with Crippen LogP contribution in [-0.2, 0) is 6.54 Å². The molecule has 2 rings (SSSR count). The molecule has 4 heteroatoms. The Hall–Kier alpha value is -1.81. The van der Waals surface area contributed by atoms with Crippen LogP contribution in [0.1, 0.15) is 15.9 Å². The molecular formula is C16H17BrN2O. The lowest BCUT2D eigenvalue weighted by molar-refractivity contribution is 0.0785. The molecule has 0 aliphatic carbocycles. The third kappa shape index (κ3) is 3.61. The monoisotopic (exact) mass is 332 g/mol. The number of hydrogen-bond acceptors (Lipinski definition) is 2. The van der Waals surface area contributed by atoms with Crippen molar-refractivity contribution in [3.05, 3.63) is 64.1 Å². The summed E-state index contributed by atoms with van der Waals surface area (Å²) in [6.45, 7) is 0.597. The van der Waals surface area contributed by atoms with Gasteiger partial charge in [0.15, 0.2) is 0 Å². The smallest absolute Gasteiger partial charge is 0.253 e. The number of carbonyl (C=O) groups is 1. The topological polar surface area (TPSA) is 32.3 Å². The van der Waals surface area contributed by atoms with E-state index >= 15 is 0 Å². The van der Waals surface area contributed by atoms with Gasteiger partial charge in [0, 0.05) is 36.4 Å². The van der Waals surface area contributed by atoms with E-state index in [2.05, 4.69) is 21.2 Å². The Bertz CT molecular complexity index is 578. The summed E-state index contributed by atoms with van der Waals surface area (Å²) in [7, 11) is 3.67. The summed E-state index contributed by atoms with van der Waals surface area (Å²) in [6.07, 6.45) is 0. The van der Waals surface area contributed by atoms with Crippen LogP contribution in [0, 0.1) is 0 Å². The minimum atomic E-state index is 0.0237. The maximum Gasteiger partial charge on any atom is 0.253 e. The van der Waals surface area contributed by atoms with Crippen molar-refractivity contribution in [2.24, 2.45) is 0 Å². The van der Waals surface area contributed by atoms with Gasteiger partial charge in [0.25, 0.3) is 5.91 Å². The number of amides is 1. The van der Waals surface area contributed by atoms with Crippen molar-refractivity contribution in [1.82, 2.24) is 4.90 Å². The van der Waals surface area contributed by atoms with Gasteiger partial charge in [-0.15, -0.1) is 0 Å². The lowest BCUT2D eigenvalue weighted by Crippen LogP contribution is -2.26. The number of nitrogens with one attached hydrogen (secondary N) is 1. The molecule has 3 nitrogen and oxygen atoms in total. The molecule has 0 atom stereocenters. The molecule has 1 N–H and O–H groups in total. The van der Waals surface area contributed by atoms with E-state index in [1.807, 2.05) is 62.6 Å². The number of anilines is 1. The van der Waals surface area contributed by atoms with Crippen LogP contribution in [0.25, 0.3) is 0 Å². The molecule has 0 aliphatic heterocycles. The normalized spacial score (nSPS) is 10.2. The lowest BCUT2D eigenvalue weighted by Gasteiger charge is -2.17. The zero-order valence-electron chi connectivity index (χ0n) is 11.6. The maximum absolute atomic E-state index is 12.3. The van der Waals surface area contributed by atoms with E-state index in [0.717, 1.165) is 15.7 Å². The third-order valence-corrected chi connectivity index (χ3v) is 3.63. The Morgan fingerprint density at radius 2 is 1.70 bits per heavy atom. The number of rotatable bonds is 4. The molecule has 0 radical (unpaired) electrons. The van der Waals surface area contributed by atoms with Crippen molar-refractivity contribution < 1.29 is 4.79 Å². The van der Waals surface area contributed by atoms with E-state index in [-0.39, 0.29) is 5.91 Å². The zero-order chi connectivity index (χ0) is 14.5. The first-order valence-corrected chi connectivity index (χ1v) is 7.17. The average molecular weight is 333 g/mol. The fraction of sp³-hybridized carbons (Fsp3) is 0.188. The Balaban J connectivity index is 2.05. The summed E-state index contributed by atoms with van der Waals surface area (Å²) in [5, 5.41) is 3.04. The highest BCUT2D eigenvalue weighted by Crippen LogP contribution is 2.14. The average Bonchev–Trinajstić information content (AvgIpc) is 2.49. The Morgan fingerprint density at radius 1 is 1.10 bits per heavy atom. The summed E-state index contributed by atoms with van der Waals surface area (Å²) in [4.78, 5) is 14.0. The predicted molar refractivity (Wildman–Crippen MR) is 85.9 cm³/mol. The van der Waals surface area contributed by atoms with Crippen LogP contribution in [0.3, 0.4) is 0 Å². The van der Waals surface area contributed by atoms with Gasteiger partial charge in [0.2, 0.25) is 0 Å². The molecule has 0 spiro atoms. The Labute approximate surface area is 127 Å². The van der Waals surface area contributed by atoms with E-state index in [0.29, 0.717) is 12.1 Å². The highest BCUT2D eigenvalue weighted by Gasteiger charge is 2.11. The second-order valence-corrected chi connectivity index (χ2v) is 5.53. The molecule has 2 aromatic carbocycles. The van der Waals surface area contributed by atoms with Gasteiger partial charge in [-0.2, -0.15) is 0 Å². The maximum atomic E-state index is 12.3. The molecule has 0 fully saturated rings. The molecule has 0 unspecified atom stereocenters. The highest BCUT2D eigenvalue weighted by molar-refractivity contribution is 9.10. The first-order chi connectivity index (χ1) is 9.60. The predicted octanol–water partition coefficient (Wildman–Crippen LogP) is 3.76. The molecule has 0 bridgehead atoms. The Morgan fingerprint density at radius 3 is 2.25 bits per heavy atom. The first kappa shape index (κ1) is 14.6. The van der Waals surface area contributed by atoms with E-state index < -0.39 is 0 Å². The summed E-state index contributed by atoms with van der Waals surface area (Å²) in [5.74, 6) is 0.0237. The fourth-order valence-corrected chi connectivity index (χ4v) is 2.20. The first-order valence-electron chi connectivity index (χ1n) is 6.38. The summed E-state index contributed by atoms with van der Waals surface area (Å²) >= 11 is 3.40. The van der Waals surface area contributed by atoms with Gasteiger partial charge >= 0.3 is 0 Å². The van der Waals surface area contributed by atoms with Crippen LogP contribution in [0.15, 0.2) is 53.0 Å². The van der Waals surface area contributed by atoms with E-state index in [1.54, 1.807) is 4.90 Å². The van der Waals surface area contributed by atoms with Crippen LogP contribution in [-0.4, -0.2) is 24.9 Å². The number of hydrogen-bond donors (Lipinski definition) is 1. The molecule has 0 heterocycles. The second-order valence-electron chi connectivity index (χ2n) is 4.62. The van der Waals surface area contributed by atoms with Gasteiger partial charge in [-0.3, -0.25) is 4.79 Å². The third-order valence-electron chi connectivity index (χ3n) is 3.10. The molecule has 0 saturated heterocycles. The van der Waals surface area contributed by atoms with E-state index in [1.165, 1.54) is 0 Å². The highest BCUT2D eigenvalue weighted by atomic mass is 79.9. The van der Waals surface area contributed by atoms with Crippen molar-refractivity contribution in [1.29, 1.82) is 0 Å². The molecular weight excluding hydrogens is 316 g/mol. The van der Waals surface area contributed by atoms with Crippen molar-refractivity contribution >= 4 is 27.5 Å². The van der Waals surface area contributed by atoms with Gasteiger partial charge in [0.1, 0.15) is 0 Å². The van der Waals surface area contributed by atoms with E-state index in [4.69, 9.17) is 0 Å². The molecule has 1 amide bonds. The largest absolute Gasteiger partial charge is 0.388 e. The van der Waals surface area contributed by atoms with Crippen LogP contribution < -0.4 is 5.32 Å². The molecule has 0 saturated carbocycles. The molecule has 104 valence electrons. The quantitative estimate of drug-likeness (QED) is 0.924. The van der Waals surface area contributed by atoms with Gasteiger partial charge in [-0.25, -0.2) is 0 Å². The van der Waals surface area contributed by atoms with Gasteiger partial charge in [-0.05, 0) is 42.0 Å². The molecule has 0 aromatic heterocycles. The van der Waals surface area contributed by atoms with Crippen LogP contribution in [0.4, 0.5) is 5.69 Å². The van der Waals surface area contributed by atoms with Gasteiger partial charge < -0.3 is 10.2 Å². The summed E-state index contributed by atoms with van der Waals surface area (Å²) in [6, 6.07) is 15.5. The molecule has 2 aromatic rings. The van der Waals surface area contributed by atoms with Crippen LogP contribution in [0.5, 0.6) is 0 Å². The molecule has 0 aliphatic rings. The number of nitrogens with zero attached hydrogens (tertiary/aromatic N) is 1. The van der Waals surface area contributed by atoms with Crippen molar-refractivity contribution in [2.75, 3.05) is 19.4 Å². The van der Waals surface area contributed by atoms with Gasteiger partial charge in [-0.1, -0.05) is 28.1 Å². The minimum Gasteiger partial charge on any atom is -0.388 e. The Kier molecular flexibility index (Phi) is 4.79. The van der Waals surface area contributed by atoms with Crippen molar-refractivity contribution in [3.63, 3.8) is 0 Å². The fourth-order valence-electron chi connectivity index (χ4n) is 1.94. The van der Waals surface area contributed by atoms with Crippen LogP contribution >= 0.6 is 15.9 Å². The van der Waals surface area contributed by atoms with Crippen LogP contribution in [0.2, 0.25) is 0 Å². The zero-order valence-corrected chi connectivity index (χ0v) is 13.1. The van der Waals surface area contributed by atoms with Gasteiger partial charge in [0.05, 0.1) is 0 Å². The molecule has 20 heavy (non-hydrogen) atoms. The summed E-state index contributed by atoms with van der Waals surface area (Å²) in [5.41, 5.74) is 2.80. The lowest BCUT2D eigenvalue weighted by atomic mass is 10.1.